The third-order valence-corrected chi connectivity index (χ3v) is 3.67. The van der Waals surface area contributed by atoms with Gasteiger partial charge < -0.3 is 5.32 Å². The number of amides is 1. The highest BCUT2D eigenvalue weighted by atomic mass is 32.1. The Bertz CT molecular complexity index is 553. The molecule has 0 radical (unpaired) electrons. The summed E-state index contributed by atoms with van der Waals surface area (Å²) in [5.41, 5.74) is 7.16. The van der Waals surface area contributed by atoms with Gasteiger partial charge in [-0.05, 0) is 38.3 Å². The molecule has 0 saturated heterocycles. The van der Waals surface area contributed by atoms with E-state index in [9.17, 15) is 4.79 Å². The molecule has 0 unspecified atom stereocenters. The molecule has 2 aromatic rings. The number of thiazole rings is 1. The SMILES string of the molecule is Cc1cc(C)c(NC(=O)CCc2cscn2)c(C)c1. The molecule has 1 N–H and O–H groups in total. The van der Waals surface area contributed by atoms with Crippen molar-refractivity contribution in [3.05, 3.63) is 45.4 Å². The summed E-state index contributed by atoms with van der Waals surface area (Å²) in [7, 11) is 0. The van der Waals surface area contributed by atoms with Crippen molar-refractivity contribution < 1.29 is 4.79 Å². The fraction of sp³-hybridized carbons (Fsp3) is 0.333. The molecule has 0 fully saturated rings. The quantitative estimate of drug-likeness (QED) is 0.925. The average molecular weight is 274 g/mol. The zero-order chi connectivity index (χ0) is 13.8. The number of nitrogens with one attached hydrogen (secondary N) is 1. The predicted molar refractivity (Wildman–Crippen MR) is 79.7 cm³/mol. The minimum absolute atomic E-state index is 0.0445. The van der Waals surface area contributed by atoms with Crippen molar-refractivity contribution in [2.24, 2.45) is 0 Å². The molecule has 0 saturated carbocycles. The Morgan fingerprint density at radius 3 is 2.53 bits per heavy atom. The van der Waals surface area contributed by atoms with Gasteiger partial charge >= 0.3 is 0 Å². The summed E-state index contributed by atoms with van der Waals surface area (Å²) in [4.78, 5) is 16.1. The number of hydrogen-bond acceptors (Lipinski definition) is 3. The van der Waals surface area contributed by atoms with E-state index in [1.165, 1.54) is 5.56 Å². The summed E-state index contributed by atoms with van der Waals surface area (Å²) in [6.45, 7) is 6.11. The minimum Gasteiger partial charge on any atom is -0.326 e. The van der Waals surface area contributed by atoms with Gasteiger partial charge in [0.1, 0.15) is 0 Å². The lowest BCUT2D eigenvalue weighted by molar-refractivity contribution is -0.116. The number of hydrogen-bond donors (Lipinski definition) is 1. The summed E-state index contributed by atoms with van der Waals surface area (Å²) in [6.07, 6.45) is 1.16. The van der Waals surface area contributed by atoms with Crippen LogP contribution >= 0.6 is 11.3 Å². The van der Waals surface area contributed by atoms with Gasteiger partial charge in [0.15, 0.2) is 0 Å². The number of nitrogens with zero attached hydrogens (tertiary/aromatic N) is 1. The molecule has 4 heteroatoms. The third-order valence-electron chi connectivity index (χ3n) is 3.03. The molecule has 0 aliphatic rings. The molecular formula is C15H18N2OS. The normalized spacial score (nSPS) is 10.5. The summed E-state index contributed by atoms with van der Waals surface area (Å²) in [5.74, 6) is 0.0445. The van der Waals surface area contributed by atoms with Gasteiger partial charge in [-0.25, -0.2) is 4.98 Å². The van der Waals surface area contributed by atoms with E-state index < -0.39 is 0 Å². The van der Waals surface area contributed by atoms with E-state index in [-0.39, 0.29) is 5.91 Å². The van der Waals surface area contributed by atoms with E-state index in [4.69, 9.17) is 0 Å². The maximum absolute atomic E-state index is 12.0. The molecule has 0 spiro atoms. The van der Waals surface area contributed by atoms with Crippen LogP contribution in [0.1, 0.15) is 28.8 Å². The Hall–Kier alpha value is -1.68. The van der Waals surface area contributed by atoms with E-state index in [0.29, 0.717) is 12.8 Å². The maximum atomic E-state index is 12.0. The molecule has 2 rings (SSSR count). The topological polar surface area (TPSA) is 42.0 Å². The first-order valence-corrected chi connectivity index (χ1v) is 7.25. The van der Waals surface area contributed by atoms with Gasteiger partial charge in [0.25, 0.3) is 0 Å². The van der Waals surface area contributed by atoms with E-state index in [1.807, 2.05) is 19.2 Å². The fourth-order valence-corrected chi connectivity index (χ4v) is 2.77. The number of aryl methyl sites for hydroxylation is 4. The number of carbonyl (C=O) groups is 1. The summed E-state index contributed by atoms with van der Waals surface area (Å²) in [6, 6.07) is 4.17. The van der Waals surface area contributed by atoms with Crippen LogP contribution in [0.3, 0.4) is 0 Å². The number of rotatable bonds is 4. The zero-order valence-corrected chi connectivity index (χ0v) is 12.3. The van der Waals surface area contributed by atoms with Crippen LogP contribution in [0, 0.1) is 20.8 Å². The number of benzene rings is 1. The Balaban J connectivity index is 1.99. The maximum Gasteiger partial charge on any atom is 0.224 e. The lowest BCUT2D eigenvalue weighted by atomic mass is 10.0. The molecule has 0 aliphatic heterocycles. The number of anilines is 1. The highest BCUT2D eigenvalue weighted by Gasteiger charge is 2.08. The summed E-state index contributed by atoms with van der Waals surface area (Å²) in [5, 5.41) is 4.99. The van der Waals surface area contributed by atoms with E-state index in [1.54, 1.807) is 16.8 Å². The standard InChI is InChI=1S/C15H18N2OS/c1-10-6-11(2)15(12(3)7-10)17-14(18)5-4-13-8-19-9-16-13/h6-9H,4-5H2,1-3H3,(H,17,18). The first-order valence-electron chi connectivity index (χ1n) is 6.31. The van der Waals surface area contributed by atoms with Crippen molar-refractivity contribution in [2.45, 2.75) is 33.6 Å². The van der Waals surface area contributed by atoms with Crippen LogP contribution < -0.4 is 5.32 Å². The van der Waals surface area contributed by atoms with E-state index in [0.717, 1.165) is 22.5 Å². The predicted octanol–water partition coefficient (Wildman–Crippen LogP) is 3.64. The minimum atomic E-state index is 0.0445. The molecule has 100 valence electrons. The first-order chi connectivity index (χ1) is 9.06. The number of carbonyl (C=O) groups excluding carboxylic acids is 1. The highest BCUT2D eigenvalue weighted by molar-refractivity contribution is 7.07. The second-order valence-electron chi connectivity index (χ2n) is 4.80. The van der Waals surface area contributed by atoms with Crippen molar-refractivity contribution in [1.82, 2.24) is 4.98 Å². The molecule has 1 heterocycles. The highest BCUT2D eigenvalue weighted by Crippen LogP contribution is 2.22. The van der Waals surface area contributed by atoms with Gasteiger partial charge in [-0.3, -0.25) is 4.79 Å². The Morgan fingerprint density at radius 2 is 1.95 bits per heavy atom. The number of aromatic nitrogens is 1. The largest absolute Gasteiger partial charge is 0.326 e. The van der Waals surface area contributed by atoms with Crippen molar-refractivity contribution in [2.75, 3.05) is 5.32 Å². The second-order valence-corrected chi connectivity index (χ2v) is 5.52. The lowest BCUT2D eigenvalue weighted by Gasteiger charge is -2.12. The average Bonchev–Trinajstić information content (AvgIpc) is 2.84. The smallest absolute Gasteiger partial charge is 0.224 e. The molecule has 1 aromatic carbocycles. The van der Waals surface area contributed by atoms with Gasteiger partial charge in [0.05, 0.1) is 11.2 Å². The molecule has 1 amide bonds. The first kappa shape index (κ1) is 13.7. The molecule has 1 aromatic heterocycles. The van der Waals surface area contributed by atoms with Crippen LogP contribution in [-0.4, -0.2) is 10.9 Å². The zero-order valence-electron chi connectivity index (χ0n) is 11.5. The van der Waals surface area contributed by atoms with Gasteiger partial charge in [0.2, 0.25) is 5.91 Å². The monoisotopic (exact) mass is 274 g/mol. The summed E-state index contributed by atoms with van der Waals surface area (Å²) >= 11 is 1.56. The lowest BCUT2D eigenvalue weighted by Crippen LogP contribution is -2.14. The van der Waals surface area contributed by atoms with Crippen molar-refractivity contribution in [3.8, 4) is 0 Å². The van der Waals surface area contributed by atoms with Crippen LogP contribution in [0.25, 0.3) is 0 Å². The molecule has 0 bridgehead atoms. The molecular weight excluding hydrogens is 256 g/mol. The third kappa shape index (κ3) is 3.64. The van der Waals surface area contributed by atoms with Crippen LogP contribution in [0.5, 0.6) is 0 Å². The van der Waals surface area contributed by atoms with Crippen LogP contribution in [0.2, 0.25) is 0 Å². The van der Waals surface area contributed by atoms with E-state index >= 15 is 0 Å². The van der Waals surface area contributed by atoms with Crippen LogP contribution in [0.4, 0.5) is 5.69 Å². The molecule has 3 nitrogen and oxygen atoms in total. The van der Waals surface area contributed by atoms with Crippen molar-refractivity contribution in [3.63, 3.8) is 0 Å². The van der Waals surface area contributed by atoms with E-state index in [2.05, 4.69) is 29.4 Å². The van der Waals surface area contributed by atoms with Crippen molar-refractivity contribution in [1.29, 1.82) is 0 Å². The molecule has 0 atom stereocenters. The van der Waals surface area contributed by atoms with Gasteiger partial charge in [-0.1, -0.05) is 17.7 Å². The van der Waals surface area contributed by atoms with Crippen molar-refractivity contribution >= 4 is 22.9 Å². The molecule has 0 aliphatic carbocycles. The van der Waals surface area contributed by atoms with Crippen LogP contribution in [-0.2, 0) is 11.2 Å². The second kappa shape index (κ2) is 5.97. The van der Waals surface area contributed by atoms with Gasteiger partial charge in [-0.2, -0.15) is 0 Å². The Morgan fingerprint density at radius 1 is 1.26 bits per heavy atom. The fourth-order valence-electron chi connectivity index (χ4n) is 2.18. The van der Waals surface area contributed by atoms with Gasteiger partial charge in [0, 0.05) is 17.5 Å². The Kier molecular flexibility index (Phi) is 4.32. The Labute approximate surface area is 117 Å². The molecule has 19 heavy (non-hydrogen) atoms. The van der Waals surface area contributed by atoms with Gasteiger partial charge in [-0.15, -0.1) is 11.3 Å². The van der Waals surface area contributed by atoms with Crippen LogP contribution in [0.15, 0.2) is 23.0 Å². The summed E-state index contributed by atoms with van der Waals surface area (Å²) < 4.78 is 0.